The SMILES string of the molecule is O.[Cl][Nd]([Cl])[Cl].[Nd]. The Labute approximate surface area is 90.6 Å². The van der Waals surface area contributed by atoms with Crippen LogP contribution >= 0.6 is 17.4 Å². The molecule has 0 fully saturated rings. The van der Waals surface area contributed by atoms with E-state index in [1.54, 1.807) is 0 Å². The van der Waals surface area contributed by atoms with Crippen LogP contribution in [0.15, 0.2) is 0 Å². The van der Waals surface area contributed by atoms with Gasteiger partial charge >= 0.3 is 47.3 Å². The van der Waals surface area contributed by atoms with Crippen molar-refractivity contribution in [3.05, 3.63) is 0 Å². The fraction of sp³-hybridized carbons (Fsp3) is 0. The van der Waals surface area contributed by atoms with Crippen molar-refractivity contribution in [2.75, 3.05) is 0 Å². The van der Waals surface area contributed by atoms with Crippen LogP contribution in [-0.2, 0) is 0 Å². The number of hydrogen-bond acceptors (Lipinski definition) is 0. The first kappa shape index (κ1) is 16.3. The Bertz CT molecular complexity index is 13.5. The topological polar surface area (TPSA) is 31.5 Å². The summed E-state index contributed by atoms with van der Waals surface area (Å²) in [6.45, 7) is 0. The van der Waals surface area contributed by atoms with Crippen molar-refractivity contribution in [1.29, 1.82) is 0 Å². The summed E-state index contributed by atoms with van der Waals surface area (Å²) in [5, 5.41) is 0. The molecule has 0 saturated heterocycles. The van der Waals surface area contributed by atoms with E-state index in [-0.39, 0.29) is 46.3 Å². The van der Waals surface area contributed by atoms with Crippen LogP contribution in [0.4, 0.5) is 0 Å². The zero-order valence-electron chi connectivity index (χ0n) is 2.63. The maximum absolute atomic E-state index is 5.02. The normalized spacial score (nSPS) is 4.50. The molecule has 0 aliphatic carbocycles. The van der Waals surface area contributed by atoms with Gasteiger partial charge in [-0.1, -0.05) is 0 Å². The minimum Gasteiger partial charge on any atom is 0 e. The van der Waals surface area contributed by atoms with Gasteiger partial charge in [-0.05, 0) is 0 Å². The number of halogens is 3. The second-order valence-electron chi connectivity index (χ2n) is 0.214. The van der Waals surface area contributed by atoms with Gasteiger partial charge in [0, 0.05) is 40.8 Å². The van der Waals surface area contributed by atoms with Gasteiger partial charge in [0.1, 0.15) is 0 Å². The number of rotatable bonds is 0. The van der Waals surface area contributed by atoms with Crippen molar-refractivity contribution in [1.82, 2.24) is 0 Å². The monoisotopic (exact) mass is 407 g/mol. The molecule has 1 nitrogen and oxygen atoms in total. The maximum atomic E-state index is 5.02. The summed E-state index contributed by atoms with van der Waals surface area (Å²) < 4.78 is 0. The second-order valence-corrected chi connectivity index (χ2v) is 14.3. The van der Waals surface area contributed by atoms with Gasteiger partial charge in [0.2, 0.25) is 0 Å². The fourth-order valence-corrected chi connectivity index (χ4v) is 0. The third kappa shape index (κ3) is 25.8. The van der Waals surface area contributed by atoms with Crippen LogP contribution in [0.5, 0.6) is 0 Å². The zero-order valence-corrected chi connectivity index (χ0v) is 11.3. The van der Waals surface area contributed by atoms with Crippen molar-refractivity contribution in [3.63, 3.8) is 0 Å². The third-order valence-electron chi connectivity index (χ3n) is 0. The number of hydrogen-bond donors (Lipinski definition) is 0. The molecule has 0 amide bonds. The quantitative estimate of drug-likeness (QED) is 0.573. The third-order valence-corrected chi connectivity index (χ3v) is 0. The van der Waals surface area contributed by atoms with E-state index in [1.165, 1.54) is 0 Å². The average molecular weight is 413 g/mol. The Morgan fingerprint density at radius 3 is 1.00 bits per heavy atom. The van der Waals surface area contributed by atoms with Crippen molar-refractivity contribution < 1.29 is 76.2 Å². The molecule has 2 N–H and O–H groups in total. The van der Waals surface area contributed by atoms with Crippen LogP contribution in [0.3, 0.4) is 0 Å². The molecule has 37 valence electrons. The molecule has 0 atom stereocenters. The Morgan fingerprint density at radius 2 is 1.00 bits per heavy atom. The van der Waals surface area contributed by atoms with Gasteiger partial charge in [-0.2, -0.15) is 0 Å². The molecule has 0 aliphatic heterocycles. The van der Waals surface area contributed by atoms with Gasteiger partial charge in [-0.15, -0.1) is 0 Å². The van der Waals surface area contributed by atoms with E-state index in [0.29, 0.717) is 0 Å². The van der Waals surface area contributed by atoms with Crippen LogP contribution in [0.1, 0.15) is 0 Å². The van der Waals surface area contributed by atoms with E-state index in [9.17, 15) is 0 Å². The minimum absolute atomic E-state index is 0. The molecular formula is H2Cl3Nd2O. The molecule has 0 bridgehead atoms. The van der Waals surface area contributed by atoms with Crippen LogP contribution in [-0.4, -0.2) is 5.48 Å². The van der Waals surface area contributed by atoms with Crippen molar-refractivity contribution in [3.8, 4) is 0 Å². The molecule has 0 spiro atoms. The predicted molar refractivity (Wildman–Crippen MR) is 21.2 cm³/mol. The first-order chi connectivity index (χ1) is 1.73. The standard InChI is InChI=1S/3ClH.2Nd.H2O/h3*1H;;;1H2/q;;;;+3;/p-3. The Kier molecular flexibility index (Phi) is 30.7. The van der Waals surface area contributed by atoms with E-state index in [2.05, 4.69) is 0 Å². The smallest absolute Gasteiger partial charge is 0 e. The Balaban J connectivity index is -0.0000000450. The van der Waals surface area contributed by atoms with Gasteiger partial charge < -0.3 is 5.48 Å². The van der Waals surface area contributed by atoms with E-state index in [1.807, 2.05) is 0 Å². The molecule has 0 rings (SSSR count). The first-order valence-corrected chi connectivity index (χ1v) is 12.6. The van der Waals surface area contributed by atoms with Crippen molar-refractivity contribution in [2.24, 2.45) is 0 Å². The molecule has 0 aromatic carbocycles. The molecular weight excluding hydrogens is 411 g/mol. The molecule has 0 saturated carbocycles. The molecule has 0 radical (unpaired) electrons. The molecule has 6 heteroatoms. The summed E-state index contributed by atoms with van der Waals surface area (Å²) in [5.41, 5.74) is 0. The summed E-state index contributed by atoms with van der Waals surface area (Å²) in [7, 11) is 0. The summed E-state index contributed by atoms with van der Waals surface area (Å²) in [5.74, 6) is 15.1. The van der Waals surface area contributed by atoms with Crippen LogP contribution in [0, 0.1) is 70.8 Å². The zero-order chi connectivity index (χ0) is 3.58. The van der Waals surface area contributed by atoms with E-state index >= 15 is 0 Å². The molecule has 0 aliphatic rings. The molecule has 0 heterocycles. The van der Waals surface area contributed by atoms with Crippen LogP contribution in [0.25, 0.3) is 0 Å². The molecule has 6 heavy (non-hydrogen) atoms. The Hall–Kier alpha value is 3.53. The van der Waals surface area contributed by atoms with Gasteiger partial charge in [-0.3, -0.25) is 0 Å². The Morgan fingerprint density at radius 1 is 1.00 bits per heavy atom. The minimum atomic E-state index is -2.24. The fourth-order valence-electron chi connectivity index (χ4n) is 0. The maximum Gasteiger partial charge on any atom is 0 e. The van der Waals surface area contributed by atoms with Crippen molar-refractivity contribution >= 4 is 17.4 Å². The summed E-state index contributed by atoms with van der Waals surface area (Å²) in [6.07, 6.45) is 0. The molecule has 0 aromatic rings. The van der Waals surface area contributed by atoms with E-state index in [4.69, 9.17) is 17.4 Å². The average Bonchev–Trinajstić information content (AvgIpc) is 0.811. The molecule has 0 aromatic heterocycles. The van der Waals surface area contributed by atoms with Gasteiger partial charge in [0.15, 0.2) is 0 Å². The van der Waals surface area contributed by atoms with Crippen molar-refractivity contribution in [2.45, 2.75) is 0 Å². The molecule has 0 unspecified atom stereocenters. The predicted octanol–water partition coefficient (Wildman–Crippen LogP) is 1.24. The largest absolute Gasteiger partial charge is 0 e. The van der Waals surface area contributed by atoms with E-state index in [0.717, 1.165) is 0 Å². The van der Waals surface area contributed by atoms with Crippen LogP contribution in [0.2, 0.25) is 0 Å². The van der Waals surface area contributed by atoms with Gasteiger partial charge in [-0.25, -0.2) is 0 Å². The van der Waals surface area contributed by atoms with Gasteiger partial charge in [0.05, 0.1) is 0 Å². The van der Waals surface area contributed by atoms with Crippen LogP contribution < -0.4 is 0 Å². The van der Waals surface area contributed by atoms with E-state index < -0.39 is 29.9 Å². The summed E-state index contributed by atoms with van der Waals surface area (Å²) >= 11 is -2.24. The summed E-state index contributed by atoms with van der Waals surface area (Å²) in [6, 6.07) is 0. The van der Waals surface area contributed by atoms with Gasteiger partial charge in [0.25, 0.3) is 0 Å². The second kappa shape index (κ2) is 11.3. The summed E-state index contributed by atoms with van der Waals surface area (Å²) in [4.78, 5) is 0. The first-order valence-electron chi connectivity index (χ1n) is 0.567.